The highest BCUT2D eigenvalue weighted by molar-refractivity contribution is 5.13. The molecule has 24 heavy (non-hydrogen) atoms. The Morgan fingerprint density at radius 1 is 1.25 bits per heavy atom. The molecule has 0 amide bonds. The van der Waals surface area contributed by atoms with Gasteiger partial charge in [-0.05, 0) is 38.7 Å². The quantitative estimate of drug-likeness (QED) is 0.913. The number of hydrogen-bond acceptors (Lipinski definition) is 5. The van der Waals surface area contributed by atoms with Gasteiger partial charge in [-0.15, -0.1) is 0 Å². The fraction of sp³-hybridized carbons (Fsp3) is 0.750. The normalized spacial score (nSPS) is 24.2. The minimum atomic E-state index is -4.45. The van der Waals surface area contributed by atoms with Gasteiger partial charge in [-0.2, -0.15) is 13.2 Å². The topological polar surface area (TPSA) is 56.3 Å². The Morgan fingerprint density at radius 3 is 2.71 bits per heavy atom. The van der Waals surface area contributed by atoms with Gasteiger partial charge in [0.25, 0.3) is 0 Å². The zero-order chi connectivity index (χ0) is 17.2. The molecule has 2 aliphatic heterocycles. The third-order valence-electron chi connectivity index (χ3n) is 4.64. The van der Waals surface area contributed by atoms with E-state index in [0.717, 1.165) is 31.7 Å². The van der Waals surface area contributed by atoms with Crippen LogP contribution in [0.25, 0.3) is 0 Å². The van der Waals surface area contributed by atoms with Crippen LogP contribution in [0.15, 0.2) is 6.07 Å². The van der Waals surface area contributed by atoms with Gasteiger partial charge in [0.05, 0.1) is 12.1 Å². The molecule has 3 heterocycles. The summed E-state index contributed by atoms with van der Waals surface area (Å²) < 4.78 is 49.9. The Morgan fingerprint density at radius 2 is 2.00 bits per heavy atom. The first-order valence-electron chi connectivity index (χ1n) is 8.23. The summed E-state index contributed by atoms with van der Waals surface area (Å²) in [5.74, 6) is 0.176. The number of alkyl halides is 3. The van der Waals surface area contributed by atoms with Gasteiger partial charge in [0.15, 0.2) is 0 Å². The molecule has 2 saturated heterocycles. The molecular formula is C16H22F3N3O2. The number of hydrogen-bond donors (Lipinski definition) is 1. The van der Waals surface area contributed by atoms with Crippen molar-refractivity contribution < 1.29 is 22.6 Å². The van der Waals surface area contributed by atoms with E-state index in [1.54, 1.807) is 6.92 Å². The molecule has 8 heteroatoms. The Balaban J connectivity index is 1.62. The highest BCUT2D eigenvalue weighted by Gasteiger charge is 2.39. The van der Waals surface area contributed by atoms with Gasteiger partial charge in [0.1, 0.15) is 11.5 Å². The van der Waals surface area contributed by atoms with Crippen molar-refractivity contribution in [3.63, 3.8) is 0 Å². The molecule has 2 fully saturated rings. The Bertz CT molecular complexity index is 569. The molecule has 0 saturated carbocycles. The zero-order valence-electron chi connectivity index (χ0n) is 13.7. The van der Waals surface area contributed by atoms with E-state index in [0.29, 0.717) is 25.5 Å². The first kappa shape index (κ1) is 17.6. The molecule has 0 radical (unpaired) electrons. The van der Waals surface area contributed by atoms with Crippen LogP contribution in [0.5, 0.6) is 0 Å². The van der Waals surface area contributed by atoms with Crippen LogP contribution in [-0.2, 0) is 22.2 Å². The molecule has 0 aliphatic carbocycles. The van der Waals surface area contributed by atoms with Gasteiger partial charge in [-0.3, -0.25) is 0 Å². The summed E-state index contributed by atoms with van der Waals surface area (Å²) in [4.78, 5) is 7.75. The maximum Gasteiger partial charge on any atom is 0.433 e. The van der Waals surface area contributed by atoms with Crippen molar-refractivity contribution in [2.75, 3.05) is 19.8 Å². The highest BCUT2D eigenvalue weighted by atomic mass is 19.4. The van der Waals surface area contributed by atoms with Gasteiger partial charge < -0.3 is 14.8 Å². The lowest BCUT2D eigenvalue weighted by Gasteiger charge is -2.43. The smallest absolute Gasteiger partial charge is 0.381 e. The summed E-state index contributed by atoms with van der Waals surface area (Å²) in [6, 6.07) is 1.16. The van der Waals surface area contributed by atoms with Crippen LogP contribution in [0.4, 0.5) is 13.2 Å². The van der Waals surface area contributed by atoms with E-state index in [-0.39, 0.29) is 24.0 Å². The lowest BCUT2D eigenvalue weighted by molar-refractivity contribution is -0.141. The van der Waals surface area contributed by atoms with Gasteiger partial charge in [0, 0.05) is 31.6 Å². The molecule has 134 valence electrons. The molecule has 0 bridgehead atoms. The molecule has 1 spiro atoms. The summed E-state index contributed by atoms with van der Waals surface area (Å²) in [5, 5.41) is 3.30. The molecule has 3 rings (SSSR count). The molecule has 0 aromatic carbocycles. The van der Waals surface area contributed by atoms with E-state index in [2.05, 4.69) is 15.3 Å². The average molecular weight is 345 g/mol. The minimum Gasteiger partial charge on any atom is -0.381 e. The number of halogens is 3. The van der Waals surface area contributed by atoms with Crippen molar-refractivity contribution in [3.8, 4) is 0 Å². The summed E-state index contributed by atoms with van der Waals surface area (Å²) in [6.07, 6.45) is -1.04. The monoisotopic (exact) mass is 345 g/mol. The Kier molecular flexibility index (Phi) is 5.08. The largest absolute Gasteiger partial charge is 0.433 e. The summed E-state index contributed by atoms with van der Waals surface area (Å²) in [7, 11) is 0. The molecule has 2 aliphatic rings. The summed E-state index contributed by atoms with van der Waals surface area (Å²) >= 11 is 0. The van der Waals surface area contributed by atoms with Crippen LogP contribution in [0.3, 0.4) is 0 Å². The van der Waals surface area contributed by atoms with Gasteiger partial charge in [0.2, 0.25) is 0 Å². The van der Waals surface area contributed by atoms with E-state index < -0.39 is 11.9 Å². The van der Waals surface area contributed by atoms with Crippen molar-refractivity contribution in [2.45, 2.75) is 57.0 Å². The maximum absolute atomic E-state index is 12.8. The van der Waals surface area contributed by atoms with Crippen LogP contribution < -0.4 is 5.32 Å². The van der Waals surface area contributed by atoms with Crippen LogP contribution in [-0.4, -0.2) is 41.4 Å². The SMILES string of the molecule is Cc1cc(C(F)(F)F)nc(CN[C@@H]2CCOC3(CCOCC3)C2)n1. The van der Waals surface area contributed by atoms with E-state index >= 15 is 0 Å². The van der Waals surface area contributed by atoms with E-state index in [1.165, 1.54) is 0 Å². The second-order valence-electron chi connectivity index (χ2n) is 6.52. The van der Waals surface area contributed by atoms with Gasteiger partial charge in [-0.1, -0.05) is 0 Å². The van der Waals surface area contributed by atoms with Crippen LogP contribution in [0.1, 0.15) is 42.9 Å². The molecule has 0 unspecified atom stereocenters. The lowest BCUT2D eigenvalue weighted by atomic mass is 9.84. The van der Waals surface area contributed by atoms with E-state index in [9.17, 15) is 13.2 Å². The predicted molar refractivity (Wildman–Crippen MR) is 80.4 cm³/mol. The second-order valence-corrected chi connectivity index (χ2v) is 6.52. The third kappa shape index (κ3) is 4.23. The molecule has 1 aromatic heterocycles. The molecule has 1 aromatic rings. The number of rotatable bonds is 3. The van der Waals surface area contributed by atoms with Crippen LogP contribution in [0, 0.1) is 6.92 Å². The van der Waals surface area contributed by atoms with Gasteiger partial charge >= 0.3 is 6.18 Å². The van der Waals surface area contributed by atoms with Gasteiger partial charge in [-0.25, -0.2) is 9.97 Å². The average Bonchev–Trinajstić information content (AvgIpc) is 2.52. The fourth-order valence-electron chi connectivity index (χ4n) is 3.38. The molecule has 1 N–H and O–H groups in total. The number of ether oxygens (including phenoxy) is 2. The number of aromatic nitrogens is 2. The number of nitrogens with one attached hydrogen (secondary N) is 1. The maximum atomic E-state index is 12.8. The van der Waals surface area contributed by atoms with Crippen molar-refractivity contribution in [3.05, 3.63) is 23.3 Å². The lowest BCUT2D eigenvalue weighted by Crippen LogP contribution is -2.49. The summed E-state index contributed by atoms with van der Waals surface area (Å²) in [5.41, 5.74) is -0.722. The van der Waals surface area contributed by atoms with Crippen LogP contribution in [0.2, 0.25) is 0 Å². The molecule has 5 nitrogen and oxygen atoms in total. The predicted octanol–water partition coefficient (Wildman–Crippen LogP) is 2.62. The highest BCUT2D eigenvalue weighted by Crippen LogP contribution is 2.34. The first-order chi connectivity index (χ1) is 11.4. The number of aryl methyl sites for hydroxylation is 1. The van der Waals surface area contributed by atoms with Crippen molar-refractivity contribution >= 4 is 0 Å². The Hall–Kier alpha value is -1.25. The molecular weight excluding hydrogens is 323 g/mol. The molecule has 1 atom stereocenters. The van der Waals surface area contributed by atoms with Crippen LogP contribution >= 0.6 is 0 Å². The first-order valence-corrected chi connectivity index (χ1v) is 8.23. The minimum absolute atomic E-state index is 0.154. The van der Waals surface area contributed by atoms with Crippen molar-refractivity contribution in [1.82, 2.24) is 15.3 Å². The van der Waals surface area contributed by atoms with E-state index in [4.69, 9.17) is 9.47 Å². The standard InChI is InChI=1S/C16H22F3N3O2/c1-11-8-13(16(17,18)19)22-14(21-11)10-20-12-2-5-24-15(9-12)3-6-23-7-4-15/h8,12,20H,2-7,9-10H2,1H3/t12-/m1/s1. The van der Waals surface area contributed by atoms with Crippen molar-refractivity contribution in [1.29, 1.82) is 0 Å². The number of nitrogens with zero attached hydrogens (tertiary/aromatic N) is 2. The Labute approximate surface area is 139 Å². The zero-order valence-corrected chi connectivity index (χ0v) is 13.7. The van der Waals surface area contributed by atoms with Crippen molar-refractivity contribution in [2.24, 2.45) is 0 Å². The third-order valence-corrected chi connectivity index (χ3v) is 4.64. The summed E-state index contributed by atoms with van der Waals surface area (Å²) in [6.45, 7) is 3.82. The van der Waals surface area contributed by atoms with E-state index in [1.807, 2.05) is 0 Å². The fourth-order valence-corrected chi connectivity index (χ4v) is 3.38. The second kappa shape index (κ2) is 6.93.